The highest BCUT2D eigenvalue weighted by Crippen LogP contribution is 2.18. The predicted octanol–water partition coefficient (Wildman–Crippen LogP) is 5.84. The highest BCUT2D eigenvalue weighted by Gasteiger charge is 2.13. The summed E-state index contributed by atoms with van der Waals surface area (Å²) in [5.41, 5.74) is 0.804. The Morgan fingerprint density at radius 2 is 1.38 bits per heavy atom. The molecule has 0 saturated heterocycles. The van der Waals surface area contributed by atoms with Gasteiger partial charge in [0.25, 0.3) is 0 Å². The first-order valence-electron chi connectivity index (χ1n) is 11.4. The lowest BCUT2D eigenvalue weighted by Crippen LogP contribution is -2.20. The molecule has 0 aliphatic carbocycles. The average Bonchev–Trinajstić information content (AvgIpc) is 2.80. The maximum Gasteiger partial charge on any atom is 0.343 e. The van der Waals surface area contributed by atoms with Crippen LogP contribution in [0.3, 0.4) is 0 Å². The summed E-state index contributed by atoms with van der Waals surface area (Å²) in [6.45, 7) is 7.44. The van der Waals surface area contributed by atoms with Gasteiger partial charge in [0, 0.05) is 6.61 Å². The van der Waals surface area contributed by atoms with Gasteiger partial charge in [-0.25, -0.2) is 9.59 Å². The molecule has 2 aromatic carbocycles. The first kappa shape index (κ1) is 25.4. The number of rotatable bonds is 14. The Balaban J connectivity index is 1.80. The molecule has 0 amide bonds. The zero-order valence-electron chi connectivity index (χ0n) is 19.3. The minimum Gasteiger partial charge on any atom is -0.494 e. The molecule has 0 radical (unpaired) electrons. The Morgan fingerprint density at radius 3 is 2.00 bits per heavy atom. The quantitative estimate of drug-likeness (QED) is 0.208. The van der Waals surface area contributed by atoms with Crippen LogP contribution in [0.4, 0.5) is 0 Å². The number of unbranched alkanes of at least 4 members (excludes halogenated alkanes) is 4. The molecular formula is C26H34O6. The second kappa shape index (κ2) is 14.2. The molecule has 0 spiro atoms. The monoisotopic (exact) mass is 442 g/mol. The predicted molar refractivity (Wildman–Crippen MR) is 123 cm³/mol. The van der Waals surface area contributed by atoms with Gasteiger partial charge in [-0.15, -0.1) is 0 Å². The van der Waals surface area contributed by atoms with Crippen molar-refractivity contribution in [1.29, 1.82) is 0 Å². The fraction of sp³-hybridized carbons (Fsp3) is 0.462. The van der Waals surface area contributed by atoms with Crippen LogP contribution in [0.2, 0.25) is 0 Å². The van der Waals surface area contributed by atoms with Crippen molar-refractivity contribution in [2.24, 2.45) is 0 Å². The smallest absolute Gasteiger partial charge is 0.343 e. The van der Waals surface area contributed by atoms with E-state index in [4.69, 9.17) is 18.9 Å². The Kier molecular flexibility index (Phi) is 11.3. The molecule has 0 aliphatic rings. The number of hydrogen-bond donors (Lipinski definition) is 0. The third-order valence-electron chi connectivity index (χ3n) is 4.77. The molecule has 1 unspecified atom stereocenters. The molecule has 0 aromatic heterocycles. The van der Waals surface area contributed by atoms with E-state index in [9.17, 15) is 9.59 Å². The van der Waals surface area contributed by atoms with E-state index in [-0.39, 0.29) is 6.10 Å². The van der Waals surface area contributed by atoms with E-state index < -0.39 is 11.9 Å². The normalized spacial score (nSPS) is 11.6. The van der Waals surface area contributed by atoms with E-state index in [1.54, 1.807) is 55.5 Å². The van der Waals surface area contributed by atoms with Crippen LogP contribution < -0.4 is 9.47 Å². The number of esters is 2. The molecule has 2 rings (SSSR count). The summed E-state index contributed by atoms with van der Waals surface area (Å²) in [5, 5.41) is 0. The van der Waals surface area contributed by atoms with Crippen molar-refractivity contribution in [3.8, 4) is 11.5 Å². The largest absolute Gasteiger partial charge is 0.494 e. The highest BCUT2D eigenvalue weighted by molar-refractivity contribution is 5.92. The van der Waals surface area contributed by atoms with Crippen molar-refractivity contribution >= 4 is 11.9 Å². The van der Waals surface area contributed by atoms with Crippen molar-refractivity contribution in [1.82, 2.24) is 0 Å². The lowest BCUT2D eigenvalue weighted by Gasteiger charge is -2.13. The average molecular weight is 443 g/mol. The van der Waals surface area contributed by atoms with Crippen LogP contribution >= 0.6 is 0 Å². The third kappa shape index (κ3) is 9.10. The van der Waals surface area contributed by atoms with Gasteiger partial charge in [-0.1, -0.05) is 32.6 Å². The molecule has 2 aromatic rings. The molecule has 0 fully saturated rings. The lowest BCUT2D eigenvalue weighted by molar-refractivity contribution is 0.00439. The second-order valence-electron chi connectivity index (χ2n) is 7.58. The first-order chi connectivity index (χ1) is 15.5. The molecule has 32 heavy (non-hydrogen) atoms. The van der Waals surface area contributed by atoms with Crippen LogP contribution in [0.1, 0.15) is 73.6 Å². The van der Waals surface area contributed by atoms with E-state index in [1.165, 1.54) is 25.7 Å². The van der Waals surface area contributed by atoms with Gasteiger partial charge in [-0.2, -0.15) is 0 Å². The summed E-state index contributed by atoms with van der Waals surface area (Å²) in [4.78, 5) is 24.5. The third-order valence-corrected chi connectivity index (χ3v) is 4.77. The minimum atomic E-state index is -0.475. The molecule has 0 aliphatic heterocycles. The summed E-state index contributed by atoms with van der Waals surface area (Å²) >= 11 is 0. The standard InChI is InChI=1S/C26H34O6/c1-4-6-7-8-9-18-30-23-14-10-22(11-15-23)26(28)32-24-16-12-21(13-17-24)25(27)31-20(3)19-29-5-2/h10-17,20H,4-9,18-19H2,1-3H3. The molecule has 1 atom stereocenters. The minimum absolute atomic E-state index is 0.340. The van der Waals surface area contributed by atoms with Gasteiger partial charge in [-0.3, -0.25) is 0 Å². The fourth-order valence-corrected chi connectivity index (χ4v) is 2.98. The van der Waals surface area contributed by atoms with Gasteiger partial charge in [-0.05, 0) is 68.8 Å². The van der Waals surface area contributed by atoms with Gasteiger partial charge in [0.05, 0.1) is 24.3 Å². The topological polar surface area (TPSA) is 71.1 Å². The Morgan fingerprint density at radius 1 is 0.781 bits per heavy atom. The van der Waals surface area contributed by atoms with Gasteiger partial charge >= 0.3 is 11.9 Å². The van der Waals surface area contributed by atoms with Crippen molar-refractivity contribution in [2.75, 3.05) is 19.8 Å². The SMILES string of the molecule is CCCCCCCOc1ccc(C(=O)Oc2ccc(C(=O)OC(C)COCC)cc2)cc1. The van der Waals surface area contributed by atoms with Crippen molar-refractivity contribution in [2.45, 2.75) is 59.0 Å². The van der Waals surface area contributed by atoms with Crippen LogP contribution in [0.5, 0.6) is 11.5 Å². The number of ether oxygens (including phenoxy) is 4. The lowest BCUT2D eigenvalue weighted by atomic mass is 10.2. The first-order valence-corrected chi connectivity index (χ1v) is 11.4. The van der Waals surface area contributed by atoms with E-state index in [0.29, 0.717) is 36.7 Å². The molecule has 0 saturated carbocycles. The van der Waals surface area contributed by atoms with Gasteiger partial charge in [0.15, 0.2) is 0 Å². The zero-order chi connectivity index (χ0) is 23.2. The fourth-order valence-electron chi connectivity index (χ4n) is 2.98. The summed E-state index contributed by atoms with van der Waals surface area (Å²) in [6, 6.07) is 13.2. The number of carbonyl (C=O) groups excluding carboxylic acids is 2. The highest BCUT2D eigenvalue weighted by atomic mass is 16.6. The number of hydrogen-bond acceptors (Lipinski definition) is 6. The molecule has 6 heteroatoms. The molecule has 0 bridgehead atoms. The van der Waals surface area contributed by atoms with E-state index in [1.807, 2.05) is 6.92 Å². The molecular weight excluding hydrogens is 408 g/mol. The molecule has 0 heterocycles. The Bertz CT molecular complexity index is 813. The Labute approximate surface area is 190 Å². The van der Waals surface area contributed by atoms with Gasteiger partial charge < -0.3 is 18.9 Å². The zero-order valence-corrected chi connectivity index (χ0v) is 19.3. The van der Waals surface area contributed by atoms with Crippen LogP contribution in [-0.4, -0.2) is 37.9 Å². The van der Waals surface area contributed by atoms with Crippen LogP contribution in [0.25, 0.3) is 0 Å². The van der Waals surface area contributed by atoms with E-state index in [2.05, 4.69) is 6.92 Å². The molecule has 174 valence electrons. The maximum atomic E-state index is 12.4. The molecule has 0 N–H and O–H groups in total. The number of carbonyl (C=O) groups is 2. The van der Waals surface area contributed by atoms with E-state index in [0.717, 1.165) is 12.2 Å². The summed E-state index contributed by atoms with van der Waals surface area (Å²) in [5.74, 6) is 0.160. The Hall–Kier alpha value is -2.86. The second-order valence-corrected chi connectivity index (χ2v) is 7.58. The number of benzene rings is 2. The van der Waals surface area contributed by atoms with Crippen LogP contribution in [0, 0.1) is 0 Å². The van der Waals surface area contributed by atoms with Crippen molar-refractivity contribution in [3.63, 3.8) is 0 Å². The summed E-state index contributed by atoms with van der Waals surface area (Å²) in [6.07, 6.45) is 5.58. The van der Waals surface area contributed by atoms with E-state index >= 15 is 0 Å². The van der Waals surface area contributed by atoms with Gasteiger partial charge in [0.1, 0.15) is 17.6 Å². The van der Waals surface area contributed by atoms with Crippen molar-refractivity contribution < 1.29 is 28.5 Å². The summed E-state index contributed by atoms with van der Waals surface area (Å²) in [7, 11) is 0. The van der Waals surface area contributed by atoms with Gasteiger partial charge in [0.2, 0.25) is 0 Å². The van der Waals surface area contributed by atoms with Crippen LogP contribution in [-0.2, 0) is 9.47 Å². The molecule has 6 nitrogen and oxygen atoms in total. The summed E-state index contributed by atoms with van der Waals surface area (Å²) < 4.78 is 21.7. The van der Waals surface area contributed by atoms with Crippen molar-refractivity contribution in [3.05, 3.63) is 59.7 Å². The van der Waals surface area contributed by atoms with Crippen LogP contribution in [0.15, 0.2) is 48.5 Å². The maximum absolute atomic E-state index is 12.4.